The quantitative estimate of drug-likeness (QED) is 0.784. The Morgan fingerprint density at radius 1 is 1.29 bits per heavy atom. The van der Waals surface area contributed by atoms with Crippen LogP contribution >= 0.6 is 11.3 Å². The van der Waals surface area contributed by atoms with E-state index in [0.717, 1.165) is 18.1 Å². The molecule has 0 spiro atoms. The summed E-state index contributed by atoms with van der Waals surface area (Å²) in [6, 6.07) is 7.32. The first kappa shape index (κ1) is 17.6. The zero-order valence-corrected chi connectivity index (χ0v) is 16.9. The van der Waals surface area contributed by atoms with Gasteiger partial charge in [0.05, 0.1) is 10.9 Å². The molecule has 3 aliphatic rings. The van der Waals surface area contributed by atoms with Gasteiger partial charge in [0.15, 0.2) is 0 Å². The Hall–Kier alpha value is -2.54. The second kappa shape index (κ2) is 5.73. The third kappa shape index (κ3) is 2.25. The van der Waals surface area contributed by atoms with E-state index < -0.39 is 0 Å². The number of amides is 1. The summed E-state index contributed by atoms with van der Waals surface area (Å²) >= 11 is 1.23. The number of nitrogens with one attached hydrogen (secondary N) is 1. The van der Waals surface area contributed by atoms with Crippen LogP contribution in [0.15, 0.2) is 34.4 Å². The van der Waals surface area contributed by atoms with Crippen molar-refractivity contribution in [2.45, 2.75) is 40.0 Å². The maximum Gasteiger partial charge on any atom is 0.279 e. The Bertz CT molecular complexity index is 1160. The highest BCUT2D eigenvalue weighted by Gasteiger charge is 2.60. The fraction of sp³-hybridized carbons (Fsp3) is 0.429. The summed E-state index contributed by atoms with van der Waals surface area (Å²) in [6.45, 7) is 6.98. The van der Waals surface area contributed by atoms with Crippen molar-refractivity contribution in [1.82, 2.24) is 4.98 Å². The van der Waals surface area contributed by atoms with Gasteiger partial charge in [0, 0.05) is 16.3 Å². The first-order chi connectivity index (χ1) is 13.3. The third-order valence-corrected chi connectivity index (χ3v) is 8.21. The second-order valence-corrected chi connectivity index (χ2v) is 9.64. The summed E-state index contributed by atoms with van der Waals surface area (Å²) in [4.78, 5) is 21.1. The van der Waals surface area contributed by atoms with E-state index in [-0.39, 0.29) is 22.6 Å². The van der Waals surface area contributed by atoms with E-state index in [0.29, 0.717) is 26.9 Å². The summed E-state index contributed by atoms with van der Waals surface area (Å²) in [5.41, 5.74) is 4.97. The van der Waals surface area contributed by atoms with Gasteiger partial charge < -0.3 is 5.11 Å². The van der Waals surface area contributed by atoms with E-state index in [1.54, 1.807) is 6.07 Å². The first-order valence-corrected chi connectivity index (χ1v) is 10.4. The number of aromatic nitrogens is 1. The Kier molecular flexibility index (Phi) is 3.59. The number of carbonyl (C=O) groups excluding carboxylic acids is 1. The van der Waals surface area contributed by atoms with Crippen LogP contribution in [0.5, 0.6) is 5.88 Å². The zero-order chi connectivity index (χ0) is 19.7. The molecule has 1 aromatic carbocycles. The highest BCUT2D eigenvalue weighted by atomic mass is 32.1. The van der Waals surface area contributed by atoms with E-state index in [2.05, 4.69) is 41.3 Å². The average molecular weight is 395 g/mol. The number of benzene rings is 1. The first-order valence-electron chi connectivity index (χ1n) is 9.57. The lowest BCUT2D eigenvalue weighted by atomic mass is 9.70. The summed E-state index contributed by atoms with van der Waals surface area (Å²) in [6.07, 6.45) is 3.42. The van der Waals surface area contributed by atoms with Gasteiger partial charge in [0.1, 0.15) is 4.88 Å². The number of aromatic hydroxyl groups is 1. The topological polar surface area (TPSA) is 86.9 Å². The van der Waals surface area contributed by atoms with Crippen molar-refractivity contribution in [2.24, 2.45) is 26.8 Å². The molecule has 1 aliphatic heterocycles. The van der Waals surface area contributed by atoms with Crippen molar-refractivity contribution < 1.29 is 9.90 Å². The lowest BCUT2D eigenvalue weighted by Gasteiger charge is -2.34. The Morgan fingerprint density at radius 3 is 2.79 bits per heavy atom. The van der Waals surface area contributed by atoms with Crippen LogP contribution < -0.4 is 16.0 Å². The number of fused-ring (bicyclic) bond motifs is 3. The van der Waals surface area contributed by atoms with Crippen LogP contribution in [0.1, 0.15) is 44.9 Å². The number of hydrogen-bond acceptors (Lipinski definition) is 6. The molecule has 2 bridgehead atoms. The van der Waals surface area contributed by atoms with Crippen molar-refractivity contribution in [2.75, 3.05) is 5.43 Å². The number of nitrogens with zero attached hydrogens (tertiary/aromatic N) is 3. The van der Waals surface area contributed by atoms with E-state index in [4.69, 9.17) is 0 Å². The van der Waals surface area contributed by atoms with Crippen LogP contribution in [-0.2, 0) is 4.79 Å². The predicted octanol–water partition coefficient (Wildman–Crippen LogP) is 2.82. The van der Waals surface area contributed by atoms with E-state index in [9.17, 15) is 9.90 Å². The molecule has 2 N–H and O–H groups in total. The minimum absolute atomic E-state index is 0.0980. The molecule has 5 rings (SSSR count). The lowest BCUT2D eigenvalue weighted by Crippen LogP contribution is -2.32. The molecule has 2 heterocycles. The largest absolute Gasteiger partial charge is 0.492 e. The molecule has 28 heavy (non-hydrogen) atoms. The highest BCUT2D eigenvalue weighted by Crippen LogP contribution is 2.64. The minimum atomic E-state index is -0.347. The molecular weight excluding hydrogens is 372 g/mol. The van der Waals surface area contributed by atoms with Crippen LogP contribution in [-0.4, -0.2) is 21.7 Å². The summed E-state index contributed by atoms with van der Waals surface area (Å²) in [7, 11) is 0. The number of thiazole rings is 1. The molecule has 2 fully saturated rings. The summed E-state index contributed by atoms with van der Waals surface area (Å²) < 4.78 is 0. The van der Waals surface area contributed by atoms with Gasteiger partial charge in [-0.3, -0.25) is 10.2 Å². The van der Waals surface area contributed by atoms with Crippen molar-refractivity contribution in [3.8, 4) is 5.88 Å². The highest BCUT2D eigenvalue weighted by molar-refractivity contribution is 7.17. The normalized spacial score (nSPS) is 28.7. The van der Waals surface area contributed by atoms with Gasteiger partial charge in [-0.1, -0.05) is 50.3 Å². The fourth-order valence-electron chi connectivity index (χ4n) is 5.02. The summed E-state index contributed by atoms with van der Waals surface area (Å²) in [5.74, 6) is 0.158. The molecule has 1 aromatic heterocycles. The standard InChI is InChI=1S/C21H22N4O2S/c1-20(2)11-8-9-21(20,3)14(10-11)24-25-19-23-18(27)16(28-19)15-12-6-4-5-7-13(12)22-17(15)26/h4-7,11,27H,8-10H2,1-3H3,(H,23,25)/b24-14-/t11-,21-/m1/s1. The molecular formula is C21H22N4O2S. The number of para-hydroxylation sites is 1. The molecule has 0 unspecified atom stereocenters. The van der Waals surface area contributed by atoms with Gasteiger partial charge >= 0.3 is 0 Å². The molecule has 0 radical (unpaired) electrons. The van der Waals surface area contributed by atoms with E-state index in [1.807, 2.05) is 18.2 Å². The van der Waals surface area contributed by atoms with Gasteiger partial charge in [0.2, 0.25) is 11.0 Å². The molecule has 2 atom stereocenters. The predicted molar refractivity (Wildman–Crippen MR) is 109 cm³/mol. The van der Waals surface area contributed by atoms with Gasteiger partial charge in [0.25, 0.3) is 5.91 Å². The molecule has 144 valence electrons. The Morgan fingerprint density at radius 2 is 2.07 bits per heavy atom. The number of hydrazone groups is 1. The number of anilines is 1. The van der Waals surface area contributed by atoms with E-state index >= 15 is 0 Å². The second-order valence-electron chi connectivity index (χ2n) is 8.64. The van der Waals surface area contributed by atoms with Crippen LogP contribution in [0.2, 0.25) is 0 Å². The van der Waals surface area contributed by atoms with Crippen LogP contribution in [0.25, 0.3) is 5.57 Å². The van der Waals surface area contributed by atoms with Crippen LogP contribution in [0.4, 0.5) is 5.13 Å². The number of carbonyl (C=O) groups is 1. The monoisotopic (exact) mass is 394 g/mol. The van der Waals surface area contributed by atoms with Gasteiger partial charge in [-0.2, -0.15) is 10.1 Å². The number of rotatable bonds is 3. The SMILES string of the molecule is CC1(C)[C@@H]2CC[C@]1(C)/C(=N\Nc1nc(O)c(C3=c4ccccc4=NC3=O)s1)C2. The zero-order valence-electron chi connectivity index (χ0n) is 16.1. The molecule has 2 aliphatic carbocycles. The number of hydrogen-bond donors (Lipinski definition) is 2. The maximum absolute atomic E-state index is 12.4. The van der Waals surface area contributed by atoms with Crippen LogP contribution in [0, 0.1) is 16.7 Å². The van der Waals surface area contributed by atoms with Crippen molar-refractivity contribution in [3.05, 3.63) is 39.7 Å². The Balaban J connectivity index is 1.48. The Labute approximate surface area is 166 Å². The summed E-state index contributed by atoms with van der Waals surface area (Å²) in [5, 5.41) is 16.9. The molecule has 0 saturated heterocycles. The van der Waals surface area contributed by atoms with Gasteiger partial charge in [-0.05, 0) is 36.7 Å². The molecule has 7 heteroatoms. The minimum Gasteiger partial charge on any atom is -0.492 e. The van der Waals surface area contributed by atoms with Crippen LogP contribution in [0.3, 0.4) is 0 Å². The third-order valence-electron chi connectivity index (χ3n) is 7.24. The van der Waals surface area contributed by atoms with E-state index in [1.165, 1.54) is 23.5 Å². The van der Waals surface area contributed by atoms with Crippen molar-refractivity contribution in [1.29, 1.82) is 0 Å². The smallest absolute Gasteiger partial charge is 0.279 e. The molecule has 6 nitrogen and oxygen atoms in total. The molecule has 1 amide bonds. The van der Waals surface area contributed by atoms with Gasteiger partial charge in [-0.25, -0.2) is 4.99 Å². The van der Waals surface area contributed by atoms with Gasteiger partial charge in [-0.15, -0.1) is 0 Å². The fourth-order valence-corrected chi connectivity index (χ4v) is 5.87. The molecule has 2 aromatic rings. The average Bonchev–Trinajstić information content (AvgIpc) is 3.29. The van der Waals surface area contributed by atoms with Crippen molar-refractivity contribution in [3.63, 3.8) is 0 Å². The lowest BCUT2D eigenvalue weighted by molar-refractivity contribution is -0.112. The van der Waals surface area contributed by atoms with Crippen molar-refractivity contribution >= 4 is 33.7 Å². The molecule has 2 saturated carbocycles. The maximum atomic E-state index is 12.4.